The highest BCUT2D eigenvalue weighted by Crippen LogP contribution is 2.16. The van der Waals surface area contributed by atoms with Gasteiger partial charge in [0.2, 0.25) is 0 Å². The molecule has 0 N–H and O–H groups in total. The summed E-state index contributed by atoms with van der Waals surface area (Å²) in [5.41, 5.74) is 0. The van der Waals surface area contributed by atoms with Gasteiger partial charge in [-0.05, 0) is 78.3 Å². The average molecular weight is 706 g/mol. The molecule has 0 aliphatic heterocycles. The third-order valence-electron chi connectivity index (χ3n) is 8.95. The van der Waals surface area contributed by atoms with E-state index in [2.05, 4.69) is 38.2 Å². The van der Waals surface area contributed by atoms with Crippen molar-refractivity contribution in [1.82, 2.24) is 4.90 Å². The van der Waals surface area contributed by atoms with Gasteiger partial charge in [0.1, 0.15) is 0 Å². The highest BCUT2D eigenvalue weighted by atomic mass is 16.7. The second-order valence-electron chi connectivity index (χ2n) is 14.4. The number of hydrogen-bond donors (Lipinski definition) is 0. The van der Waals surface area contributed by atoms with E-state index in [1.165, 1.54) is 110 Å². The van der Waals surface area contributed by atoms with Gasteiger partial charge in [0.15, 0.2) is 6.10 Å². The van der Waals surface area contributed by atoms with Crippen LogP contribution in [0.4, 0.5) is 0 Å². The quantitative estimate of drug-likeness (QED) is 0.0278. The largest absolute Gasteiger partial charge is 0.453 e. The van der Waals surface area contributed by atoms with Crippen LogP contribution in [0.5, 0.6) is 0 Å². The van der Waals surface area contributed by atoms with Gasteiger partial charge >= 0.3 is 17.9 Å². The monoisotopic (exact) mass is 706 g/mol. The Hall–Kier alpha value is -2.15. The summed E-state index contributed by atoms with van der Waals surface area (Å²) >= 11 is 0. The number of rotatable bonds is 36. The standard InChI is InChI=1S/C43H79NO6/c1-6-8-10-12-14-16-18-20-22-24-26-28-30-32-34-36-41(46)49-40(38-44(4)5)43(48-39(3)45)50-42(47)37-35-33-31-29-27-25-23-21-19-17-15-13-11-9-7-2/h20-23,40,43H,6-19,24-38H2,1-5H3/b22-20-,23-21-. The molecule has 0 aliphatic rings. The molecule has 0 spiro atoms. The molecule has 0 aromatic rings. The zero-order chi connectivity index (χ0) is 36.9. The number of likely N-dealkylation sites (N-methyl/N-ethyl adjacent to an activating group) is 1. The predicted octanol–water partition coefficient (Wildman–Crippen LogP) is 12.0. The summed E-state index contributed by atoms with van der Waals surface area (Å²) < 4.78 is 16.6. The zero-order valence-corrected chi connectivity index (χ0v) is 33.4. The van der Waals surface area contributed by atoms with Gasteiger partial charge in [-0.2, -0.15) is 0 Å². The first kappa shape index (κ1) is 47.8. The second-order valence-corrected chi connectivity index (χ2v) is 14.4. The molecule has 0 aromatic carbocycles. The highest BCUT2D eigenvalue weighted by molar-refractivity contribution is 5.71. The summed E-state index contributed by atoms with van der Waals surface area (Å²) in [7, 11) is 3.67. The van der Waals surface area contributed by atoms with E-state index < -0.39 is 24.3 Å². The molecular weight excluding hydrogens is 626 g/mol. The third kappa shape index (κ3) is 34.3. The molecule has 0 rings (SSSR count). The van der Waals surface area contributed by atoms with Gasteiger partial charge in [-0.3, -0.25) is 14.4 Å². The lowest BCUT2D eigenvalue weighted by molar-refractivity contribution is -0.215. The Labute approximate surface area is 308 Å². The molecule has 50 heavy (non-hydrogen) atoms. The van der Waals surface area contributed by atoms with Crippen molar-refractivity contribution >= 4 is 17.9 Å². The van der Waals surface area contributed by atoms with Gasteiger partial charge in [-0.1, -0.05) is 141 Å². The molecule has 0 aliphatic carbocycles. The van der Waals surface area contributed by atoms with Crippen molar-refractivity contribution in [2.24, 2.45) is 0 Å². The predicted molar refractivity (Wildman–Crippen MR) is 209 cm³/mol. The van der Waals surface area contributed by atoms with Crippen molar-refractivity contribution in [3.8, 4) is 0 Å². The van der Waals surface area contributed by atoms with Gasteiger partial charge in [0, 0.05) is 26.3 Å². The van der Waals surface area contributed by atoms with Crippen LogP contribution in [-0.4, -0.2) is 55.8 Å². The van der Waals surface area contributed by atoms with Crippen molar-refractivity contribution in [2.45, 2.75) is 213 Å². The lowest BCUT2D eigenvalue weighted by Gasteiger charge is -2.28. The summed E-state index contributed by atoms with van der Waals surface area (Å²) in [6.45, 7) is 6.05. The van der Waals surface area contributed by atoms with E-state index in [1.54, 1.807) is 0 Å². The number of allylic oxidation sites excluding steroid dienone is 4. The fourth-order valence-electron chi connectivity index (χ4n) is 5.97. The number of nitrogens with zero attached hydrogens (tertiary/aromatic N) is 1. The first-order chi connectivity index (χ1) is 24.3. The minimum absolute atomic E-state index is 0.244. The highest BCUT2D eigenvalue weighted by Gasteiger charge is 2.32. The molecule has 7 heteroatoms. The van der Waals surface area contributed by atoms with Crippen LogP contribution < -0.4 is 0 Å². The van der Waals surface area contributed by atoms with Crippen LogP contribution in [0.15, 0.2) is 24.3 Å². The van der Waals surface area contributed by atoms with Gasteiger partial charge < -0.3 is 19.1 Å². The van der Waals surface area contributed by atoms with E-state index in [1.807, 2.05) is 19.0 Å². The topological polar surface area (TPSA) is 82.1 Å². The fourth-order valence-corrected chi connectivity index (χ4v) is 5.97. The molecule has 2 unspecified atom stereocenters. The molecule has 0 fully saturated rings. The Bertz CT molecular complexity index is 854. The van der Waals surface area contributed by atoms with Crippen LogP contribution in [0.3, 0.4) is 0 Å². The molecule has 0 saturated carbocycles. The minimum atomic E-state index is -1.26. The Morgan fingerprint density at radius 2 is 0.820 bits per heavy atom. The summed E-state index contributed by atoms with van der Waals surface area (Å²) in [6, 6.07) is 0. The van der Waals surface area contributed by atoms with Crippen molar-refractivity contribution < 1.29 is 28.6 Å². The smallest absolute Gasteiger partial charge is 0.309 e. The van der Waals surface area contributed by atoms with Crippen molar-refractivity contribution in [2.75, 3.05) is 20.6 Å². The van der Waals surface area contributed by atoms with Crippen LogP contribution in [-0.2, 0) is 28.6 Å². The number of carbonyl (C=O) groups excluding carboxylic acids is 3. The molecule has 0 radical (unpaired) electrons. The molecule has 7 nitrogen and oxygen atoms in total. The van der Waals surface area contributed by atoms with Crippen molar-refractivity contribution in [1.29, 1.82) is 0 Å². The molecule has 0 heterocycles. The van der Waals surface area contributed by atoms with E-state index in [9.17, 15) is 14.4 Å². The number of ether oxygens (including phenoxy) is 3. The first-order valence-corrected chi connectivity index (χ1v) is 20.8. The van der Waals surface area contributed by atoms with Crippen LogP contribution >= 0.6 is 0 Å². The van der Waals surface area contributed by atoms with E-state index in [-0.39, 0.29) is 25.4 Å². The molecule has 292 valence electrons. The average Bonchev–Trinajstić information content (AvgIpc) is 3.07. The Balaban J connectivity index is 4.26. The minimum Gasteiger partial charge on any atom is -0.453 e. The number of esters is 3. The molecule has 2 atom stereocenters. The summed E-state index contributed by atoms with van der Waals surface area (Å²) in [5.74, 6) is -1.38. The Morgan fingerprint density at radius 3 is 1.18 bits per heavy atom. The maximum Gasteiger partial charge on any atom is 0.309 e. The van der Waals surface area contributed by atoms with E-state index in [0.717, 1.165) is 57.8 Å². The maximum atomic E-state index is 12.7. The second kappa shape index (κ2) is 36.6. The third-order valence-corrected chi connectivity index (χ3v) is 8.95. The lowest BCUT2D eigenvalue weighted by atomic mass is 10.1. The maximum absolute atomic E-state index is 12.7. The molecular formula is C43H79NO6. The number of hydrogen-bond acceptors (Lipinski definition) is 7. The van der Waals surface area contributed by atoms with Crippen LogP contribution in [0.25, 0.3) is 0 Å². The first-order valence-electron chi connectivity index (χ1n) is 20.8. The summed E-state index contributed by atoms with van der Waals surface area (Å²) in [5, 5.41) is 0. The SMILES string of the molecule is CCCCCCCC/C=C\CCCCCCCC(=O)OC(CN(C)C)C(OC(C)=O)OC(=O)CCCCCCC/C=C\CCCCCCCC. The molecule has 0 saturated heterocycles. The molecule has 0 aromatic heterocycles. The van der Waals surface area contributed by atoms with Crippen molar-refractivity contribution in [3.05, 3.63) is 24.3 Å². The normalized spacial score (nSPS) is 12.9. The van der Waals surface area contributed by atoms with Gasteiger partial charge in [0.25, 0.3) is 6.29 Å². The van der Waals surface area contributed by atoms with E-state index >= 15 is 0 Å². The van der Waals surface area contributed by atoms with Gasteiger partial charge in [-0.25, -0.2) is 0 Å². The number of carbonyl (C=O) groups is 3. The summed E-state index contributed by atoms with van der Waals surface area (Å²) in [4.78, 5) is 39.1. The molecule has 0 bridgehead atoms. The van der Waals surface area contributed by atoms with Crippen LogP contribution in [0, 0.1) is 0 Å². The Kier molecular flexibility index (Phi) is 35.1. The summed E-state index contributed by atoms with van der Waals surface area (Å²) in [6.07, 6.45) is 38.5. The van der Waals surface area contributed by atoms with Gasteiger partial charge in [0.05, 0.1) is 0 Å². The van der Waals surface area contributed by atoms with Gasteiger partial charge in [-0.15, -0.1) is 0 Å². The lowest BCUT2D eigenvalue weighted by Crippen LogP contribution is -2.44. The van der Waals surface area contributed by atoms with E-state index in [4.69, 9.17) is 14.2 Å². The van der Waals surface area contributed by atoms with Crippen LogP contribution in [0.1, 0.15) is 201 Å². The zero-order valence-electron chi connectivity index (χ0n) is 33.4. The molecule has 0 amide bonds. The Morgan fingerprint density at radius 1 is 0.480 bits per heavy atom. The van der Waals surface area contributed by atoms with Crippen molar-refractivity contribution in [3.63, 3.8) is 0 Å². The van der Waals surface area contributed by atoms with Crippen LogP contribution in [0.2, 0.25) is 0 Å². The fraction of sp³-hybridized carbons (Fsp3) is 0.837. The number of unbranched alkanes of at least 4 members (excludes halogenated alkanes) is 22. The van der Waals surface area contributed by atoms with E-state index in [0.29, 0.717) is 6.42 Å².